The zero-order valence-corrected chi connectivity index (χ0v) is 9.77. The third-order valence-corrected chi connectivity index (χ3v) is 1.95. The molecule has 0 aliphatic heterocycles. The molecule has 2 N–H and O–H groups in total. The number of nitrogens with two attached hydrogens (primary N) is 1. The Bertz CT molecular complexity index is 298. The van der Waals surface area contributed by atoms with Gasteiger partial charge in [0.15, 0.2) is 6.04 Å². The van der Waals surface area contributed by atoms with Crippen LogP contribution in [0.5, 0.6) is 0 Å². The van der Waals surface area contributed by atoms with E-state index in [9.17, 15) is 9.59 Å². The summed E-state index contributed by atoms with van der Waals surface area (Å²) >= 11 is 0. The van der Waals surface area contributed by atoms with Crippen LogP contribution in [-0.2, 0) is 14.3 Å². The molecule has 6 heteroatoms. The number of rotatable bonds is 5. The Kier molecular flexibility index (Phi) is 6.11. The van der Waals surface area contributed by atoms with Gasteiger partial charge < -0.3 is 15.4 Å². The number of hydrogen-bond acceptors (Lipinski definition) is 5. The van der Waals surface area contributed by atoms with E-state index in [1.165, 1.54) is 11.9 Å². The predicted molar refractivity (Wildman–Crippen MR) is 57.0 cm³/mol. The van der Waals surface area contributed by atoms with Gasteiger partial charge in [-0.2, -0.15) is 5.26 Å². The number of amides is 1. The van der Waals surface area contributed by atoms with Gasteiger partial charge in [-0.15, -0.1) is 0 Å². The Morgan fingerprint density at radius 1 is 1.56 bits per heavy atom. The first-order chi connectivity index (χ1) is 7.43. The van der Waals surface area contributed by atoms with E-state index in [4.69, 9.17) is 11.0 Å². The highest BCUT2D eigenvalue weighted by atomic mass is 16.5. The molecule has 0 aliphatic rings. The maximum absolute atomic E-state index is 11.6. The van der Waals surface area contributed by atoms with Gasteiger partial charge in [-0.3, -0.25) is 4.79 Å². The van der Waals surface area contributed by atoms with E-state index in [0.29, 0.717) is 0 Å². The summed E-state index contributed by atoms with van der Waals surface area (Å²) in [6.07, 6.45) is 0. The fraction of sp³-hybridized carbons (Fsp3) is 0.700. The van der Waals surface area contributed by atoms with E-state index >= 15 is 0 Å². The van der Waals surface area contributed by atoms with Crippen molar-refractivity contribution in [1.82, 2.24) is 4.90 Å². The third-order valence-electron chi connectivity index (χ3n) is 1.95. The quantitative estimate of drug-likeness (QED) is 0.504. The monoisotopic (exact) mass is 227 g/mol. The van der Waals surface area contributed by atoms with Crippen molar-refractivity contribution in [1.29, 1.82) is 5.26 Å². The number of esters is 1. The maximum Gasteiger partial charge on any atom is 0.332 e. The number of ether oxygens (including phenoxy) is 1. The van der Waals surface area contributed by atoms with Crippen LogP contribution < -0.4 is 5.73 Å². The summed E-state index contributed by atoms with van der Waals surface area (Å²) < 4.78 is 4.63. The van der Waals surface area contributed by atoms with Gasteiger partial charge in [0.2, 0.25) is 0 Å². The van der Waals surface area contributed by atoms with Crippen LogP contribution in [0.2, 0.25) is 0 Å². The van der Waals surface area contributed by atoms with Crippen molar-refractivity contribution in [2.24, 2.45) is 11.7 Å². The van der Waals surface area contributed by atoms with E-state index in [2.05, 4.69) is 4.74 Å². The zero-order chi connectivity index (χ0) is 12.7. The highest BCUT2D eigenvalue weighted by Gasteiger charge is 2.26. The lowest BCUT2D eigenvalue weighted by Gasteiger charge is -2.21. The highest BCUT2D eigenvalue weighted by Crippen LogP contribution is 1.99. The Labute approximate surface area is 95.0 Å². The predicted octanol–water partition coefficient (Wildman–Crippen LogP) is -0.505. The van der Waals surface area contributed by atoms with Crippen LogP contribution in [0.1, 0.15) is 13.8 Å². The Balaban J connectivity index is 4.33. The first kappa shape index (κ1) is 14.4. The van der Waals surface area contributed by atoms with E-state index < -0.39 is 17.9 Å². The summed E-state index contributed by atoms with van der Waals surface area (Å²) in [4.78, 5) is 24.0. The number of carbonyl (C=O) groups excluding carboxylic acids is 2. The van der Waals surface area contributed by atoms with Crippen molar-refractivity contribution in [3.05, 3.63) is 0 Å². The molecule has 0 spiro atoms. The van der Waals surface area contributed by atoms with Crippen LogP contribution in [0.4, 0.5) is 0 Å². The van der Waals surface area contributed by atoms with Gasteiger partial charge in [-0.05, 0) is 13.8 Å². The number of nitriles is 1. The normalized spacial score (nSPS) is 13.4. The maximum atomic E-state index is 11.6. The lowest BCUT2D eigenvalue weighted by Crippen LogP contribution is -2.48. The van der Waals surface area contributed by atoms with Crippen LogP contribution in [0.3, 0.4) is 0 Å². The second kappa shape index (κ2) is 6.80. The molecule has 0 aromatic rings. The summed E-state index contributed by atoms with van der Waals surface area (Å²) in [5.74, 6) is -1.59. The number of carbonyl (C=O) groups is 2. The molecule has 90 valence electrons. The Morgan fingerprint density at radius 3 is 2.56 bits per heavy atom. The molecule has 0 rings (SSSR count). The topological polar surface area (TPSA) is 96.4 Å². The van der Waals surface area contributed by atoms with Crippen LogP contribution in [-0.4, -0.2) is 43.0 Å². The summed E-state index contributed by atoms with van der Waals surface area (Å²) in [5.41, 5.74) is 5.42. The fourth-order valence-electron chi connectivity index (χ4n) is 1.11. The van der Waals surface area contributed by atoms with Gasteiger partial charge in [0.1, 0.15) is 0 Å². The van der Waals surface area contributed by atoms with Crippen molar-refractivity contribution in [2.45, 2.75) is 19.9 Å². The molecule has 0 saturated heterocycles. The largest absolute Gasteiger partial charge is 0.464 e. The average molecular weight is 227 g/mol. The molecule has 0 aliphatic carbocycles. The Hall–Kier alpha value is -1.61. The summed E-state index contributed by atoms with van der Waals surface area (Å²) in [7, 11) is 1.50. The molecule has 0 fully saturated rings. The van der Waals surface area contributed by atoms with Gasteiger partial charge in [0, 0.05) is 13.6 Å². The van der Waals surface area contributed by atoms with E-state index in [1.807, 2.05) is 6.07 Å². The van der Waals surface area contributed by atoms with Gasteiger partial charge in [-0.25, -0.2) is 4.79 Å². The zero-order valence-electron chi connectivity index (χ0n) is 9.77. The summed E-state index contributed by atoms with van der Waals surface area (Å²) in [6, 6.07) is 0.684. The summed E-state index contributed by atoms with van der Waals surface area (Å²) in [5, 5.41) is 8.59. The van der Waals surface area contributed by atoms with Crippen LogP contribution in [0, 0.1) is 17.2 Å². The van der Waals surface area contributed by atoms with E-state index in [0.717, 1.165) is 0 Å². The minimum Gasteiger partial charge on any atom is -0.464 e. The van der Waals surface area contributed by atoms with Crippen molar-refractivity contribution in [2.75, 3.05) is 20.2 Å². The first-order valence-electron chi connectivity index (χ1n) is 5.00. The van der Waals surface area contributed by atoms with Gasteiger partial charge in [-0.1, -0.05) is 0 Å². The van der Waals surface area contributed by atoms with Gasteiger partial charge >= 0.3 is 5.97 Å². The average Bonchev–Trinajstić information content (AvgIpc) is 2.26. The smallest absolute Gasteiger partial charge is 0.332 e. The molecule has 16 heavy (non-hydrogen) atoms. The molecular formula is C10H17N3O3. The van der Waals surface area contributed by atoms with Crippen molar-refractivity contribution in [3.63, 3.8) is 0 Å². The Morgan fingerprint density at radius 2 is 2.12 bits per heavy atom. The van der Waals surface area contributed by atoms with Crippen molar-refractivity contribution in [3.8, 4) is 6.07 Å². The molecule has 0 aromatic heterocycles. The minimum atomic E-state index is -1.31. The minimum absolute atomic E-state index is 0.179. The van der Waals surface area contributed by atoms with Crippen LogP contribution >= 0.6 is 0 Å². The molecule has 0 heterocycles. The molecule has 0 aromatic carbocycles. The third kappa shape index (κ3) is 4.28. The van der Waals surface area contributed by atoms with Crippen molar-refractivity contribution < 1.29 is 14.3 Å². The number of likely N-dealkylation sites (N-methyl/N-ethyl adjacent to an activating group) is 1. The molecule has 0 saturated carbocycles. The molecule has 2 unspecified atom stereocenters. The first-order valence-corrected chi connectivity index (χ1v) is 5.00. The van der Waals surface area contributed by atoms with Gasteiger partial charge in [0.25, 0.3) is 5.91 Å². The molecule has 0 bridgehead atoms. The number of hydrogen-bond donors (Lipinski definition) is 1. The molecule has 6 nitrogen and oxygen atoms in total. The lowest BCUT2D eigenvalue weighted by molar-refractivity contribution is -0.150. The van der Waals surface area contributed by atoms with E-state index in [-0.39, 0.29) is 19.1 Å². The lowest BCUT2D eigenvalue weighted by atomic mass is 10.2. The van der Waals surface area contributed by atoms with E-state index in [1.54, 1.807) is 13.8 Å². The van der Waals surface area contributed by atoms with Gasteiger partial charge in [0.05, 0.1) is 18.6 Å². The molecular weight excluding hydrogens is 210 g/mol. The SMILES string of the molecule is CCOC(=O)C(N)C(=O)N(C)CC(C)C#N. The standard InChI is InChI=1S/C10H17N3O3/c1-4-16-10(15)8(12)9(14)13(3)6-7(2)5-11/h7-8H,4,6,12H2,1-3H3. The van der Waals surface area contributed by atoms with Crippen LogP contribution in [0.25, 0.3) is 0 Å². The van der Waals surface area contributed by atoms with Crippen LogP contribution in [0.15, 0.2) is 0 Å². The second-order valence-electron chi connectivity index (χ2n) is 3.48. The van der Waals surface area contributed by atoms with Crippen molar-refractivity contribution >= 4 is 11.9 Å². The second-order valence-corrected chi connectivity index (χ2v) is 3.48. The highest BCUT2D eigenvalue weighted by molar-refractivity contribution is 6.01. The summed E-state index contributed by atoms with van der Waals surface area (Å²) in [6.45, 7) is 3.73. The molecule has 1 amide bonds. The number of nitrogens with zero attached hydrogens (tertiary/aromatic N) is 2. The molecule has 2 atom stereocenters. The molecule has 0 radical (unpaired) electrons. The fourth-order valence-corrected chi connectivity index (χ4v) is 1.11.